The molecule has 7 heteroatoms. The minimum absolute atomic E-state index is 0.150. The predicted octanol–water partition coefficient (Wildman–Crippen LogP) is 2.08. The van der Waals surface area contributed by atoms with Crippen molar-refractivity contribution >= 4 is 5.95 Å². The van der Waals surface area contributed by atoms with Crippen molar-refractivity contribution in [3.05, 3.63) is 29.8 Å². The SMILES string of the molecule is Cn1nc(-c2cccc(C(F)(F)F)c2)nc1N. The molecule has 0 saturated heterocycles. The molecule has 0 radical (unpaired) electrons. The monoisotopic (exact) mass is 242 g/mol. The Morgan fingerprint density at radius 2 is 2.00 bits per heavy atom. The highest BCUT2D eigenvalue weighted by Gasteiger charge is 2.30. The first kappa shape index (κ1) is 11.4. The second-order valence-electron chi connectivity index (χ2n) is 3.50. The van der Waals surface area contributed by atoms with E-state index in [1.165, 1.54) is 16.8 Å². The van der Waals surface area contributed by atoms with Crippen LogP contribution < -0.4 is 5.73 Å². The molecule has 0 atom stereocenters. The lowest BCUT2D eigenvalue weighted by Crippen LogP contribution is -2.04. The fraction of sp³-hybridized carbons (Fsp3) is 0.200. The number of nitrogens with zero attached hydrogens (tertiary/aromatic N) is 3. The normalized spacial score (nSPS) is 11.8. The fourth-order valence-corrected chi connectivity index (χ4v) is 1.35. The van der Waals surface area contributed by atoms with Gasteiger partial charge in [0.2, 0.25) is 5.95 Å². The second-order valence-corrected chi connectivity index (χ2v) is 3.50. The summed E-state index contributed by atoms with van der Waals surface area (Å²) >= 11 is 0. The van der Waals surface area contributed by atoms with Crippen molar-refractivity contribution in [1.82, 2.24) is 14.8 Å². The van der Waals surface area contributed by atoms with Crippen LogP contribution in [0, 0.1) is 0 Å². The Morgan fingerprint density at radius 3 is 2.53 bits per heavy atom. The van der Waals surface area contributed by atoms with Crippen LogP contribution in [0.4, 0.5) is 19.1 Å². The van der Waals surface area contributed by atoms with Gasteiger partial charge in [-0.1, -0.05) is 12.1 Å². The zero-order valence-corrected chi connectivity index (χ0v) is 8.86. The van der Waals surface area contributed by atoms with Gasteiger partial charge in [-0.15, -0.1) is 5.10 Å². The molecular formula is C10H9F3N4. The lowest BCUT2D eigenvalue weighted by atomic mass is 10.1. The number of benzene rings is 1. The van der Waals surface area contributed by atoms with Crippen molar-refractivity contribution in [1.29, 1.82) is 0 Å². The summed E-state index contributed by atoms with van der Waals surface area (Å²) in [5.74, 6) is 0.327. The van der Waals surface area contributed by atoms with E-state index in [9.17, 15) is 13.2 Å². The number of halogens is 3. The number of nitrogen functional groups attached to an aromatic ring is 1. The van der Waals surface area contributed by atoms with Crippen molar-refractivity contribution in [3.63, 3.8) is 0 Å². The van der Waals surface area contributed by atoms with Gasteiger partial charge in [-0.3, -0.25) is 0 Å². The van der Waals surface area contributed by atoms with Crippen molar-refractivity contribution in [3.8, 4) is 11.4 Å². The third-order valence-corrected chi connectivity index (χ3v) is 2.24. The molecule has 17 heavy (non-hydrogen) atoms. The van der Waals surface area contributed by atoms with Gasteiger partial charge in [0.15, 0.2) is 5.82 Å². The summed E-state index contributed by atoms with van der Waals surface area (Å²) in [6.07, 6.45) is -4.38. The first-order valence-corrected chi connectivity index (χ1v) is 4.72. The van der Waals surface area contributed by atoms with Crippen LogP contribution in [-0.4, -0.2) is 14.8 Å². The van der Waals surface area contributed by atoms with E-state index in [0.29, 0.717) is 0 Å². The highest BCUT2D eigenvalue weighted by atomic mass is 19.4. The summed E-state index contributed by atoms with van der Waals surface area (Å²) in [5, 5.41) is 3.92. The van der Waals surface area contributed by atoms with Crippen LogP contribution >= 0.6 is 0 Å². The average molecular weight is 242 g/mol. The number of hydrogen-bond donors (Lipinski definition) is 1. The number of nitrogens with two attached hydrogens (primary N) is 1. The minimum atomic E-state index is -4.38. The summed E-state index contributed by atoms with van der Waals surface area (Å²) in [5.41, 5.74) is 5.02. The molecule has 2 rings (SSSR count). The fourth-order valence-electron chi connectivity index (χ4n) is 1.35. The third-order valence-electron chi connectivity index (χ3n) is 2.24. The number of hydrogen-bond acceptors (Lipinski definition) is 3. The van der Waals surface area contributed by atoms with Crippen LogP contribution in [0.25, 0.3) is 11.4 Å². The molecular weight excluding hydrogens is 233 g/mol. The number of aryl methyl sites for hydroxylation is 1. The first-order chi connectivity index (χ1) is 7.88. The van der Waals surface area contributed by atoms with Crippen molar-refractivity contribution in [2.45, 2.75) is 6.18 Å². The molecule has 0 amide bonds. The van der Waals surface area contributed by atoms with E-state index in [-0.39, 0.29) is 17.3 Å². The van der Waals surface area contributed by atoms with Gasteiger partial charge >= 0.3 is 6.18 Å². The van der Waals surface area contributed by atoms with Crippen LogP contribution in [-0.2, 0) is 13.2 Å². The largest absolute Gasteiger partial charge is 0.416 e. The van der Waals surface area contributed by atoms with E-state index >= 15 is 0 Å². The van der Waals surface area contributed by atoms with Crippen molar-refractivity contribution in [2.24, 2.45) is 7.05 Å². The molecule has 90 valence electrons. The average Bonchev–Trinajstić information content (AvgIpc) is 2.58. The Labute approximate surface area is 94.9 Å². The minimum Gasteiger partial charge on any atom is -0.368 e. The molecule has 0 bridgehead atoms. The number of aromatic nitrogens is 3. The highest BCUT2D eigenvalue weighted by Crippen LogP contribution is 2.31. The number of anilines is 1. The molecule has 1 aromatic carbocycles. The van der Waals surface area contributed by atoms with E-state index in [2.05, 4.69) is 10.1 Å². The molecule has 0 unspecified atom stereocenters. The number of alkyl halides is 3. The molecule has 0 spiro atoms. The Bertz CT molecular complexity index is 525. The molecule has 2 aromatic rings. The smallest absolute Gasteiger partial charge is 0.368 e. The van der Waals surface area contributed by atoms with Gasteiger partial charge < -0.3 is 5.73 Å². The van der Waals surface area contributed by atoms with Crippen molar-refractivity contribution < 1.29 is 13.2 Å². The highest BCUT2D eigenvalue weighted by molar-refractivity contribution is 5.57. The summed E-state index contributed by atoms with van der Waals surface area (Å²) in [6, 6.07) is 4.80. The van der Waals surface area contributed by atoms with Crippen LogP contribution in [0.3, 0.4) is 0 Å². The first-order valence-electron chi connectivity index (χ1n) is 4.72. The quantitative estimate of drug-likeness (QED) is 0.832. The Balaban J connectivity index is 2.47. The second kappa shape index (κ2) is 3.76. The zero-order chi connectivity index (χ0) is 12.6. The molecule has 0 saturated carbocycles. The summed E-state index contributed by atoms with van der Waals surface area (Å²) in [4.78, 5) is 3.87. The molecule has 4 nitrogen and oxygen atoms in total. The van der Waals surface area contributed by atoms with Gasteiger partial charge in [0.05, 0.1) is 5.56 Å². The zero-order valence-electron chi connectivity index (χ0n) is 8.86. The van der Waals surface area contributed by atoms with Crippen LogP contribution in [0.15, 0.2) is 24.3 Å². The van der Waals surface area contributed by atoms with E-state index in [1.807, 2.05) is 0 Å². The van der Waals surface area contributed by atoms with Crippen LogP contribution in [0.2, 0.25) is 0 Å². The van der Waals surface area contributed by atoms with Crippen LogP contribution in [0.5, 0.6) is 0 Å². The van der Waals surface area contributed by atoms with E-state index in [0.717, 1.165) is 12.1 Å². The van der Waals surface area contributed by atoms with E-state index in [1.54, 1.807) is 7.05 Å². The van der Waals surface area contributed by atoms with Gasteiger partial charge in [0.25, 0.3) is 0 Å². The molecule has 0 aliphatic heterocycles. The summed E-state index contributed by atoms with van der Waals surface area (Å²) < 4.78 is 38.8. The number of rotatable bonds is 1. The molecule has 0 aliphatic rings. The lowest BCUT2D eigenvalue weighted by molar-refractivity contribution is -0.137. The van der Waals surface area contributed by atoms with Crippen LogP contribution in [0.1, 0.15) is 5.56 Å². The molecule has 0 aliphatic carbocycles. The molecule has 0 fully saturated rings. The Morgan fingerprint density at radius 1 is 1.29 bits per heavy atom. The predicted molar refractivity (Wildman–Crippen MR) is 55.9 cm³/mol. The molecule has 1 aromatic heterocycles. The maximum absolute atomic E-state index is 12.5. The van der Waals surface area contributed by atoms with Gasteiger partial charge in [-0.25, -0.2) is 4.68 Å². The Kier molecular flexibility index (Phi) is 2.53. The van der Waals surface area contributed by atoms with Crippen molar-refractivity contribution in [2.75, 3.05) is 5.73 Å². The van der Waals surface area contributed by atoms with Gasteiger partial charge in [0, 0.05) is 12.6 Å². The summed E-state index contributed by atoms with van der Waals surface area (Å²) in [6.45, 7) is 0. The topological polar surface area (TPSA) is 56.7 Å². The summed E-state index contributed by atoms with van der Waals surface area (Å²) in [7, 11) is 1.57. The van der Waals surface area contributed by atoms with E-state index in [4.69, 9.17) is 5.73 Å². The standard InChI is InChI=1S/C10H9F3N4/c1-17-9(14)15-8(16-17)6-3-2-4-7(5-6)10(11,12)13/h2-5H,1H3,(H2,14,15,16). The van der Waals surface area contributed by atoms with Gasteiger partial charge in [-0.2, -0.15) is 18.2 Å². The van der Waals surface area contributed by atoms with Gasteiger partial charge in [0.1, 0.15) is 0 Å². The lowest BCUT2D eigenvalue weighted by Gasteiger charge is -2.06. The maximum atomic E-state index is 12.5. The van der Waals surface area contributed by atoms with E-state index < -0.39 is 11.7 Å². The Hall–Kier alpha value is -2.05. The third kappa shape index (κ3) is 2.22. The molecule has 2 N–H and O–H groups in total. The van der Waals surface area contributed by atoms with Gasteiger partial charge in [-0.05, 0) is 12.1 Å². The maximum Gasteiger partial charge on any atom is 0.416 e. The molecule has 1 heterocycles.